The van der Waals surface area contributed by atoms with E-state index in [9.17, 15) is 9.59 Å². The van der Waals surface area contributed by atoms with Crippen molar-refractivity contribution in [1.82, 2.24) is 10.2 Å². The van der Waals surface area contributed by atoms with Crippen LogP contribution >= 0.6 is 0 Å². The summed E-state index contributed by atoms with van der Waals surface area (Å²) in [5, 5.41) is 2.57. The van der Waals surface area contributed by atoms with Crippen LogP contribution in [0.5, 0.6) is 0 Å². The van der Waals surface area contributed by atoms with Crippen LogP contribution < -0.4 is 5.32 Å². The van der Waals surface area contributed by atoms with Gasteiger partial charge in [0.2, 0.25) is 5.91 Å². The Hall–Kier alpha value is -1.32. The second-order valence-electron chi connectivity index (χ2n) is 2.27. The van der Waals surface area contributed by atoms with Crippen molar-refractivity contribution < 1.29 is 9.59 Å². The van der Waals surface area contributed by atoms with Crippen LogP contribution in [0.1, 0.15) is 6.42 Å². The minimum Gasteiger partial charge on any atom is -0.337 e. The zero-order valence-electron chi connectivity index (χ0n) is 6.17. The molecular weight excluding hydrogens is 144 g/mol. The van der Waals surface area contributed by atoms with Gasteiger partial charge in [-0.25, -0.2) is 4.79 Å². The highest BCUT2D eigenvalue weighted by Crippen LogP contribution is 2.00. The molecule has 0 saturated carbocycles. The van der Waals surface area contributed by atoms with Crippen molar-refractivity contribution in [2.24, 2.45) is 0 Å². The van der Waals surface area contributed by atoms with E-state index in [0.29, 0.717) is 19.5 Å². The second-order valence-corrected chi connectivity index (χ2v) is 2.27. The molecule has 4 heteroatoms. The Morgan fingerprint density at radius 1 is 1.64 bits per heavy atom. The Labute approximate surface area is 64.9 Å². The molecule has 0 spiro atoms. The van der Waals surface area contributed by atoms with Crippen molar-refractivity contribution in [2.75, 3.05) is 13.1 Å². The molecule has 1 aliphatic heterocycles. The molecule has 11 heavy (non-hydrogen) atoms. The summed E-state index contributed by atoms with van der Waals surface area (Å²) in [6, 6.07) is -0.318. The predicted octanol–water partition coefficient (Wildman–Crippen LogP) is 0.114. The number of nitrogens with zero attached hydrogens (tertiary/aromatic N) is 1. The van der Waals surface area contributed by atoms with Gasteiger partial charge in [-0.05, 0) is 0 Å². The lowest BCUT2D eigenvalue weighted by molar-refractivity contribution is -0.128. The van der Waals surface area contributed by atoms with Crippen molar-refractivity contribution >= 4 is 11.9 Å². The topological polar surface area (TPSA) is 49.4 Å². The Balaban J connectivity index is 2.62. The van der Waals surface area contributed by atoms with E-state index in [2.05, 4.69) is 11.9 Å². The first-order valence-corrected chi connectivity index (χ1v) is 3.45. The van der Waals surface area contributed by atoms with E-state index >= 15 is 0 Å². The smallest absolute Gasteiger partial charge is 0.324 e. The zero-order chi connectivity index (χ0) is 8.27. The summed E-state index contributed by atoms with van der Waals surface area (Å²) in [5.41, 5.74) is 0. The summed E-state index contributed by atoms with van der Waals surface area (Å²) in [4.78, 5) is 23.1. The lowest BCUT2D eigenvalue weighted by Crippen LogP contribution is -2.49. The molecule has 1 N–H and O–H groups in total. The highest BCUT2D eigenvalue weighted by Gasteiger charge is 2.23. The standard InChI is InChI=1S/C7H10N2O2/c1-2-5-9-6(10)3-4-8-7(9)11/h2H,1,3-5H2,(H,8,11). The van der Waals surface area contributed by atoms with Gasteiger partial charge in [-0.3, -0.25) is 9.69 Å². The van der Waals surface area contributed by atoms with Crippen LogP contribution in [0.25, 0.3) is 0 Å². The van der Waals surface area contributed by atoms with Gasteiger partial charge in [-0.2, -0.15) is 0 Å². The Kier molecular flexibility index (Phi) is 2.25. The fourth-order valence-corrected chi connectivity index (χ4v) is 0.934. The summed E-state index contributed by atoms with van der Waals surface area (Å²) >= 11 is 0. The molecule has 0 aromatic rings. The number of amides is 3. The fraction of sp³-hybridized carbons (Fsp3) is 0.429. The van der Waals surface area contributed by atoms with Gasteiger partial charge in [0.25, 0.3) is 0 Å². The van der Waals surface area contributed by atoms with Crippen LogP contribution in [-0.2, 0) is 4.79 Å². The van der Waals surface area contributed by atoms with E-state index in [4.69, 9.17) is 0 Å². The average molecular weight is 154 g/mol. The summed E-state index contributed by atoms with van der Waals surface area (Å²) in [7, 11) is 0. The molecule has 0 aromatic heterocycles. The zero-order valence-corrected chi connectivity index (χ0v) is 6.17. The number of nitrogens with one attached hydrogen (secondary N) is 1. The molecule has 1 heterocycles. The Bertz CT molecular complexity index is 185. The SMILES string of the molecule is C=CCN1C(=O)CCNC1=O. The Morgan fingerprint density at radius 2 is 2.36 bits per heavy atom. The van der Waals surface area contributed by atoms with E-state index in [1.54, 1.807) is 0 Å². The van der Waals surface area contributed by atoms with Crippen LogP contribution in [-0.4, -0.2) is 29.9 Å². The number of rotatable bonds is 2. The lowest BCUT2D eigenvalue weighted by Gasteiger charge is -2.23. The number of imide groups is 1. The summed E-state index contributed by atoms with van der Waals surface area (Å²) in [6.07, 6.45) is 1.92. The first-order chi connectivity index (χ1) is 5.25. The third kappa shape index (κ3) is 1.58. The first-order valence-electron chi connectivity index (χ1n) is 3.45. The van der Waals surface area contributed by atoms with Crippen molar-refractivity contribution in [3.63, 3.8) is 0 Å². The van der Waals surface area contributed by atoms with Crippen LogP contribution in [0.4, 0.5) is 4.79 Å². The molecule has 0 aromatic carbocycles. The number of hydrogen-bond donors (Lipinski definition) is 1. The molecule has 0 unspecified atom stereocenters. The summed E-state index contributed by atoms with van der Waals surface area (Å²) in [6.45, 7) is 4.20. The van der Waals surface area contributed by atoms with Crippen molar-refractivity contribution in [1.29, 1.82) is 0 Å². The minimum absolute atomic E-state index is 0.131. The number of urea groups is 1. The van der Waals surface area contributed by atoms with Crippen LogP contribution in [0.15, 0.2) is 12.7 Å². The van der Waals surface area contributed by atoms with Crippen LogP contribution in [0.3, 0.4) is 0 Å². The van der Waals surface area contributed by atoms with Gasteiger partial charge in [0.1, 0.15) is 0 Å². The summed E-state index contributed by atoms with van der Waals surface area (Å²) < 4.78 is 0. The molecule has 3 amide bonds. The van der Waals surface area contributed by atoms with Gasteiger partial charge in [0.05, 0.1) is 0 Å². The Morgan fingerprint density at radius 3 is 2.91 bits per heavy atom. The van der Waals surface area contributed by atoms with Gasteiger partial charge >= 0.3 is 6.03 Å². The van der Waals surface area contributed by atoms with Crippen LogP contribution in [0.2, 0.25) is 0 Å². The molecular formula is C7H10N2O2. The highest BCUT2D eigenvalue weighted by molar-refractivity contribution is 5.96. The molecule has 60 valence electrons. The fourth-order valence-electron chi connectivity index (χ4n) is 0.934. The van der Waals surface area contributed by atoms with Gasteiger partial charge in [0, 0.05) is 19.5 Å². The van der Waals surface area contributed by atoms with Gasteiger partial charge in [-0.1, -0.05) is 6.08 Å². The predicted molar refractivity (Wildman–Crippen MR) is 39.9 cm³/mol. The maximum atomic E-state index is 11.0. The number of carbonyl (C=O) groups is 2. The first kappa shape index (κ1) is 7.78. The number of hydrogen-bond acceptors (Lipinski definition) is 2. The molecule has 0 aliphatic carbocycles. The van der Waals surface area contributed by atoms with Crippen molar-refractivity contribution in [3.8, 4) is 0 Å². The quantitative estimate of drug-likeness (QED) is 0.574. The molecule has 1 saturated heterocycles. The van der Waals surface area contributed by atoms with E-state index in [1.807, 2.05) is 0 Å². The molecule has 0 atom stereocenters. The van der Waals surface area contributed by atoms with E-state index in [-0.39, 0.29) is 11.9 Å². The minimum atomic E-state index is -0.318. The van der Waals surface area contributed by atoms with Crippen LogP contribution in [0, 0.1) is 0 Å². The third-order valence-electron chi connectivity index (χ3n) is 1.47. The molecule has 1 fully saturated rings. The van der Waals surface area contributed by atoms with Gasteiger partial charge < -0.3 is 5.32 Å². The molecule has 1 aliphatic rings. The largest absolute Gasteiger partial charge is 0.337 e. The maximum Gasteiger partial charge on any atom is 0.324 e. The molecule has 4 nitrogen and oxygen atoms in total. The monoisotopic (exact) mass is 154 g/mol. The van der Waals surface area contributed by atoms with E-state index < -0.39 is 0 Å². The second kappa shape index (κ2) is 3.18. The molecule has 0 radical (unpaired) electrons. The number of carbonyl (C=O) groups excluding carboxylic acids is 2. The normalized spacial score (nSPS) is 18.0. The third-order valence-corrected chi connectivity index (χ3v) is 1.47. The lowest BCUT2D eigenvalue weighted by atomic mass is 10.3. The van der Waals surface area contributed by atoms with Gasteiger partial charge in [0.15, 0.2) is 0 Å². The van der Waals surface area contributed by atoms with Gasteiger partial charge in [-0.15, -0.1) is 6.58 Å². The summed E-state index contributed by atoms with van der Waals surface area (Å²) in [5.74, 6) is -0.131. The highest BCUT2D eigenvalue weighted by atomic mass is 16.2. The molecule has 1 rings (SSSR count). The maximum absolute atomic E-state index is 11.0. The van der Waals surface area contributed by atoms with Crippen molar-refractivity contribution in [3.05, 3.63) is 12.7 Å². The molecule has 0 bridgehead atoms. The average Bonchev–Trinajstić information content (AvgIpc) is 1.97. The van der Waals surface area contributed by atoms with E-state index in [0.717, 1.165) is 4.90 Å². The van der Waals surface area contributed by atoms with E-state index in [1.165, 1.54) is 6.08 Å². The van der Waals surface area contributed by atoms with Crippen molar-refractivity contribution in [2.45, 2.75) is 6.42 Å².